The van der Waals surface area contributed by atoms with Crippen LogP contribution >= 0.6 is 11.6 Å². The molecule has 0 radical (unpaired) electrons. The molecule has 1 saturated carbocycles. The van der Waals surface area contributed by atoms with Gasteiger partial charge in [0.2, 0.25) is 5.95 Å². The number of aromatic nitrogens is 2. The summed E-state index contributed by atoms with van der Waals surface area (Å²) >= 11 is 6.19. The van der Waals surface area contributed by atoms with Crippen LogP contribution in [0.3, 0.4) is 0 Å². The van der Waals surface area contributed by atoms with E-state index in [1.54, 1.807) is 0 Å². The number of nitrogens with one attached hydrogen (secondary N) is 1. The molecule has 14 heavy (non-hydrogen) atoms. The van der Waals surface area contributed by atoms with Gasteiger partial charge in [0.05, 0.1) is 5.38 Å². The average Bonchev–Trinajstić information content (AvgIpc) is 2.77. The maximum atomic E-state index is 6.19. The lowest BCUT2D eigenvalue weighted by Gasteiger charge is -2.17. The van der Waals surface area contributed by atoms with Crippen molar-refractivity contribution in [3.8, 4) is 0 Å². The Morgan fingerprint density at radius 3 is 3.14 bits per heavy atom. The maximum Gasteiger partial charge on any atom is 0.203 e. The second-order valence-electron chi connectivity index (χ2n) is 3.73. The molecular weight excluding hydrogens is 198 g/mol. The number of alkyl halides is 1. The molecule has 2 unspecified atom stereocenters. The number of hydrogen-bond donors (Lipinski definition) is 1. The zero-order valence-corrected chi connectivity index (χ0v) is 9.17. The van der Waals surface area contributed by atoms with E-state index in [4.69, 9.17) is 11.6 Å². The zero-order valence-electron chi connectivity index (χ0n) is 8.41. The van der Waals surface area contributed by atoms with E-state index in [0.717, 1.165) is 25.3 Å². The highest BCUT2D eigenvalue weighted by Crippen LogP contribution is 2.26. The second kappa shape index (κ2) is 4.22. The molecule has 0 amide bonds. The largest absolute Gasteiger partial charge is 0.351 e. The summed E-state index contributed by atoms with van der Waals surface area (Å²) in [6.45, 7) is 3.06. The van der Waals surface area contributed by atoms with Gasteiger partial charge in [-0.3, -0.25) is 0 Å². The van der Waals surface area contributed by atoms with Crippen molar-refractivity contribution in [2.24, 2.45) is 0 Å². The standard InChI is InChI=1S/C10H16ClN3/c1-2-14-7-6-12-10(14)13-9-5-3-4-8(9)11/h6-9H,2-5H2,1H3,(H,12,13). The highest BCUT2D eigenvalue weighted by Gasteiger charge is 2.25. The monoisotopic (exact) mass is 213 g/mol. The molecule has 1 aliphatic carbocycles. The van der Waals surface area contributed by atoms with E-state index >= 15 is 0 Å². The number of halogens is 1. The normalized spacial score (nSPS) is 26.7. The van der Waals surface area contributed by atoms with Crippen molar-refractivity contribution in [2.75, 3.05) is 5.32 Å². The topological polar surface area (TPSA) is 29.9 Å². The molecule has 1 aliphatic rings. The summed E-state index contributed by atoms with van der Waals surface area (Å²) in [5, 5.41) is 3.67. The lowest BCUT2D eigenvalue weighted by molar-refractivity contribution is 0.709. The first-order chi connectivity index (χ1) is 6.81. The van der Waals surface area contributed by atoms with Gasteiger partial charge in [0, 0.05) is 25.0 Å². The van der Waals surface area contributed by atoms with E-state index in [1.807, 2.05) is 12.4 Å². The van der Waals surface area contributed by atoms with E-state index < -0.39 is 0 Å². The molecule has 2 rings (SSSR count). The highest BCUT2D eigenvalue weighted by atomic mass is 35.5. The molecule has 0 bridgehead atoms. The van der Waals surface area contributed by atoms with Crippen LogP contribution in [-0.2, 0) is 6.54 Å². The average molecular weight is 214 g/mol. The number of aryl methyl sites for hydroxylation is 1. The van der Waals surface area contributed by atoms with Crippen LogP contribution in [0.2, 0.25) is 0 Å². The molecule has 78 valence electrons. The lowest BCUT2D eigenvalue weighted by Crippen LogP contribution is -2.26. The molecule has 1 N–H and O–H groups in total. The van der Waals surface area contributed by atoms with Gasteiger partial charge in [-0.25, -0.2) is 4.98 Å². The maximum absolute atomic E-state index is 6.19. The van der Waals surface area contributed by atoms with Gasteiger partial charge in [0.15, 0.2) is 0 Å². The Morgan fingerprint density at radius 1 is 1.64 bits per heavy atom. The summed E-state index contributed by atoms with van der Waals surface area (Å²) in [4.78, 5) is 4.28. The van der Waals surface area contributed by atoms with E-state index in [-0.39, 0.29) is 5.38 Å². The lowest BCUT2D eigenvalue weighted by atomic mass is 10.2. The Kier molecular flexibility index (Phi) is 2.96. The summed E-state index contributed by atoms with van der Waals surface area (Å²) in [7, 11) is 0. The minimum absolute atomic E-state index is 0.261. The third-order valence-electron chi connectivity index (χ3n) is 2.80. The molecule has 0 aliphatic heterocycles. The first-order valence-electron chi connectivity index (χ1n) is 5.23. The van der Waals surface area contributed by atoms with Crippen molar-refractivity contribution in [3.63, 3.8) is 0 Å². The summed E-state index contributed by atoms with van der Waals surface area (Å²) in [6, 6.07) is 0.393. The first-order valence-corrected chi connectivity index (χ1v) is 5.66. The van der Waals surface area contributed by atoms with Crippen molar-refractivity contribution in [2.45, 2.75) is 44.1 Å². The van der Waals surface area contributed by atoms with Crippen molar-refractivity contribution < 1.29 is 0 Å². The van der Waals surface area contributed by atoms with Gasteiger partial charge in [-0.05, 0) is 26.2 Å². The van der Waals surface area contributed by atoms with E-state index in [0.29, 0.717) is 6.04 Å². The fraction of sp³-hybridized carbons (Fsp3) is 0.700. The number of anilines is 1. The fourth-order valence-electron chi connectivity index (χ4n) is 1.95. The highest BCUT2D eigenvalue weighted by molar-refractivity contribution is 6.21. The molecule has 2 atom stereocenters. The minimum atomic E-state index is 0.261. The summed E-state index contributed by atoms with van der Waals surface area (Å²) in [5.41, 5.74) is 0. The van der Waals surface area contributed by atoms with Gasteiger partial charge in [0.1, 0.15) is 0 Å². The van der Waals surface area contributed by atoms with Crippen LogP contribution in [-0.4, -0.2) is 21.0 Å². The Labute approximate surface area is 89.5 Å². The zero-order chi connectivity index (χ0) is 9.97. The van der Waals surface area contributed by atoms with Crippen LogP contribution < -0.4 is 5.32 Å². The molecule has 4 heteroatoms. The van der Waals surface area contributed by atoms with Gasteiger partial charge in [-0.1, -0.05) is 0 Å². The second-order valence-corrected chi connectivity index (χ2v) is 4.30. The molecular formula is C10H16ClN3. The summed E-state index contributed by atoms with van der Waals surface area (Å²) in [5.74, 6) is 0.949. The van der Waals surface area contributed by atoms with Gasteiger partial charge < -0.3 is 9.88 Å². The molecule has 1 fully saturated rings. The van der Waals surface area contributed by atoms with Crippen LogP contribution in [0.4, 0.5) is 5.95 Å². The van der Waals surface area contributed by atoms with Gasteiger partial charge in [-0.2, -0.15) is 0 Å². The van der Waals surface area contributed by atoms with Crippen molar-refractivity contribution >= 4 is 17.5 Å². The molecule has 1 aromatic rings. The number of rotatable bonds is 3. The Bertz CT molecular complexity index is 297. The molecule has 0 saturated heterocycles. The van der Waals surface area contributed by atoms with Crippen LogP contribution in [0.5, 0.6) is 0 Å². The third kappa shape index (κ3) is 1.87. The predicted octanol–water partition coefficient (Wildman–Crippen LogP) is 2.47. The van der Waals surface area contributed by atoms with Crippen LogP contribution in [0.25, 0.3) is 0 Å². The number of nitrogens with zero attached hydrogens (tertiary/aromatic N) is 2. The summed E-state index contributed by atoms with van der Waals surface area (Å²) < 4.78 is 2.10. The van der Waals surface area contributed by atoms with Crippen molar-refractivity contribution in [1.29, 1.82) is 0 Å². The molecule has 3 nitrogen and oxygen atoms in total. The quantitative estimate of drug-likeness (QED) is 0.782. The fourth-order valence-corrected chi connectivity index (χ4v) is 2.29. The first kappa shape index (κ1) is 9.84. The van der Waals surface area contributed by atoms with Gasteiger partial charge in [0.25, 0.3) is 0 Å². The molecule has 1 heterocycles. The summed E-state index contributed by atoms with van der Waals surface area (Å²) in [6.07, 6.45) is 7.31. The van der Waals surface area contributed by atoms with Gasteiger partial charge >= 0.3 is 0 Å². The molecule has 1 aromatic heterocycles. The molecule has 0 spiro atoms. The third-order valence-corrected chi connectivity index (χ3v) is 3.32. The smallest absolute Gasteiger partial charge is 0.203 e. The molecule has 0 aromatic carbocycles. The van der Waals surface area contributed by atoms with E-state index in [1.165, 1.54) is 6.42 Å². The van der Waals surface area contributed by atoms with Crippen molar-refractivity contribution in [1.82, 2.24) is 9.55 Å². The Balaban J connectivity index is 2.02. The Hall–Kier alpha value is -0.700. The van der Waals surface area contributed by atoms with Crippen molar-refractivity contribution in [3.05, 3.63) is 12.4 Å². The van der Waals surface area contributed by atoms with Gasteiger partial charge in [-0.15, -0.1) is 11.6 Å². The van der Waals surface area contributed by atoms with Crippen LogP contribution in [0, 0.1) is 0 Å². The number of imidazole rings is 1. The van der Waals surface area contributed by atoms with E-state index in [2.05, 4.69) is 21.8 Å². The Morgan fingerprint density at radius 2 is 2.50 bits per heavy atom. The SMILES string of the molecule is CCn1ccnc1NC1CCCC1Cl. The predicted molar refractivity (Wildman–Crippen MR) is 58.8 cm³/mol. The van der Waals surface area contributed by atoms with E-state index in [9.17, 15) is 0 Å². The number of hydrogen-bond acceptors (Lipinski definition) is 2. The minimum Gasteiger partial charge on any atom is -0.351 e. The van der Waals surface area contributed by atoms with Crippen LogP contribution in [0.1, 0.15) is 26.2 Å². The van der Waals surface area contributed by atoms with Crippen LogP contribution in [0.15, 0.2) is 12.4 Å².